The number of halogens is 1. The maximum atomic E-state index is 12.1. The molecule has 1 N–H and O–H groups in total. The third kappa shape index (κ3) is 4.80. The number of thioether (sulfide) groups is 1. The molecule has 8 heteroatoms. The SMILES string of the molecule is CCCOC(=O)c1cc(-c2ccc(/C=C3\CSC(=S)NC3=O)o2)ccc1Cl. The number of thiocarbonyl (C=S) groups is 1. The minimum atomic E-state index is -0.468. The summed E-state index contributed by atoms with van der Waals surface area (Å²) in [6.45, 7) is 2.25. The van der Waals surface area contributed by atoms with Gasteiger partial charge in [-0.25, -0.2) is 4.79 Å². The summed E-state index contributed by atoms with van der Waals surface area (Å²) >= 11 is 12.5. The van der Waals surface area contributed by atoms with Gasteiger partial charge < -0.3 is 14.5 Å². The van der Waals surface area contributed by atoms with E-state index in [4.69, 9.17) is 33.0 Å². The minimum absolute atomic E-state index is 0.218. The molecule has 1 aliphatic rings. The number of amides is 1. The van der Waals surface area contributed by atoms with Gasteiger partial charge in [0.25, 0.3) is 5.91 Å². The summed E-state index contributed by atoms with van der Waals surface area (Å²) in [5.41, 5.74) is 1.56. The molecule has 0 saturated carbocycles. The monoisotopic (exact) mass is 421 g/mol. The lowest BCUT2D eigenvalue weighted by molar-refractivity contribution is -0.116. The van der Waals surface area contributed by atoms with E-state index < -0.39 is 5.97 Å². The third-order valence-electron chi connectivity index (χ3n) is 3.72. The average Bonchev–Trinajstić information content (AvgIpc) is 3.11. The van der Waals surface area contributed by atoms with Gasteiger partial charge in [0.1, 0.15) is 15.8 Å². The molecule has 0 atom stereocenters. The smallest absolute Gasteiger partial charge is 0.339 e. The maximum absolute atomic E-state index is 12.1. The quantitative estimate of drug-likeness (QED) is 0.429. The number of rotatable bonds is 5. The van der Waals surface area contributed by atoms with E-state index in [-0.39, 0.29) is 11.5 Å². The first-order valence-corrected chi connectivity index (χ1v) is 10.0. The van der Waals surface area contributed by atoms with Crippen LogP contribution in [0.1, 0.15) is 29.5 Å². The molecule has 1 aliphatic heterocycles. The Balaban J connectivity index is 1.83. The molecular weight excluding hydrogens is 406 g/mol. The fourth-order valence-electron chi connectivity index (χ4n) is 2.39. The van der Waals surface area contributed by atoms with Gasteiger partial charge in [0, 0.05) is 16.9 Å². The Kier molecular flexibility index (Phi) is 6.36. The Morgan fingerprint density at radius 2 is 2.22 bits per heavy atom. The summed E-state index contributed by atoms with van der Waals surface area (Å²) in [4.78, 5) is 24.1. The zero-order valence-corrected chi connectivity index (χ0v) is 16.8. The molecule has 2 heterocycles. The molecule has 1 amide bonds. The van der Waals surface area contributed by atoms with Crippen LogP contribution in [0, 0.1) is 0 Å². The van der Waals surface area contributed by atoms with E-state index in [1.807, 2.05) is 6.92 Å². The van der Waals surface area contributed by atoms with Crippen LogP contribution in [0.15, 0.2) is 40.3 Å². The molecule has 1 saturated heterocycles. The lowest BCUT2D eigenvalue weighted by Gasteiger charge is -2.14. The highest BCUT2D eigenvalue weighted by Crippen LogP contribution is 2.28. The molecule has 3 rings (SSSR count). The van der Waals surface area contributed by atoms with E-state index in [0.29, 0.717) is 44.4 Å². The Labute approximate surface area is 171 Å². The lowest BCUT2D eigenvalue weighted by atomic mass is 10.1. The normalized spacial score (nSPS) is 15.7. The van der Waals surface area contributed by atoms with Crippen LogP contribution in [0.2, 0.25) is 5.02 Å². The second-order valence-corrected chi connectivity index (χ2v) is 7.79. The number of carbonyl (C=O) groups is 2. The van der Waals surface area contributed by atoms with Crippen molar-refractivity contribution in [2.24, 2.45) is 0 Å². The molecule has 1 fully saturated rings. The van der Waals surface area contributed by atoms with Gasteiger partial charge in [-0.2, -0.15) is 0 Å². The second-order valence-electron chi connectivity index (χ2n) is 5.73. The van der Waals surface area contributed by atoms with Crippen molar-refractivity contribution in [2.75, 3.05) is 12.4 Å². The number of hydrogen-bond acceptors (Lipinski definition) is 6. The summed E-state index contributed by atoms with van der Waals surface area (Å²) in [6.07, 6.45) is 2.41. The largest absolute Gasteiger partial charge is 0.462 e. The average molecular weight is 422 g/mol. The highest BCUT2D eigenvalue weighted by molar-refractivity contribution is 8.23. The molecule has 0 spiro atoms. The first-order chi connectivity index (χ1) is 13.0. The molecular formula is C19H16ClNO4S2. The van der Waals surface area contributed by atoms with E-state index in [1.54, 1.807) is 36.4 Å². The van der Waals surface area contributed by atoms with Crippen LogP contribution in [0.5, 0.6) is 0 Å². The standard InChI is InChI=1S/C19H16ClNO4S2/c1-2-7-24-18(23)14-9-11(3-5-15(14)20)16-6-4-13(25-16)8-12-10-27-19(26)21-17(12)22/h3-6,8-9H,2,7,10H2,1H3,(H,21,22,26)/b12-8+. The van der Waals surface area contributed by atoms with Gasteiger partial charge in [-0.3, -0.25) is 4.79 Å². The van der Waals surface area contributed by atoms with E-state index in [9.17, 15) is 9.59 Å². The number of hydrogen-bond donors (Lipinski definition) is 1. The summed E-state index contributed by atoms with van der Waals surface area (Å²) < 4.78 is 11.4. The number of nitrogens with one attached hydrogen (secondary N) is 1. The third-order valence-corrected chi connectivity index (χ3v) is 5.32. The second kappa shape index (κ2) is 8.73. The van der Waals surface area contributed by atoms with Gasteiger partial charge in [-0.15, -0.1) is 0 Å². The molecule has 2 aromatic rings. The Morgan fingerprint density at radius 1 is 1.41 bits per heavy atom. The molecule has 0 unspecified atom stereocenters. The van der Waals surface area contributed by atoms with Crippen LogP contribution in [-0.4, -0.2) is 28.6 Å². The number of ether oxygens (including phenoxy) is 1. The topological polar surface area (TPSA) is 68.5 Å². The summed E-state index contributed by atoms with van der Waals surface area (Å²) in [5.74, 6) is 0.902. The van der Waals surface area contributed by atoms with Crippen LogP contribution in [0.3, 0.4) is 0 Å². The van der Waals surface area contributed by atoms with Crippen molar-refractivity contribution in [3.63, 3.8) is 0 Å². The van der Waals surface area contributed by atoms with Crippen LogP contribution in [-0.2, 0) is 9.53 Å². The van der Waals surface area contributed by atoms with E-state index in [0.717, 1.165) is 6.42 Å². The lowest BCUT2D eigenvalue weighted by Crippen LogP contribution is -2.33. The molecule has 1 aromatic carbocycles. The number of furan rings is 1. The molecule has 0 radical (unpaired) electrons. The van der Waals surface area contributed by atoms with Gasteiger partial charge in [0.2, 0.25) is 0 Å². The molecule has 0 bridgehead atoms. The van der Waals surface area contributed by atoms with E-state index in [2.05, 4.69) is 5.32 Å². The van der Waals surface area contributed by atoms with Crippen molar-refractivity contribution in [3.05, 3.63) is 52.3 Å². The van der Waals surface area contributed by atoms with Crippen molar-refractivity contribution in [1.82, 2.24) is 5.32 Å². The maximum Gasteiger partial charge on any atom is 0.339 e. The Morgan fingerprint density at radius 3 is 2.96 bits per heavy atom. The number of benzene rings is 1. The highest BCUT2D eigenvalue weighted by atomic mass is 35.5. The molecule has 140 valence electrons. The molecule has 27 heavy (non-hydrogen) atoms. The van der Waals surface area contributed by atoms with E-state index >= 15 is 0 Å². The summed E-state index contributed by atoms with van der Waals surface area (Å²) in [5, 5.41) is 2.93. The van der Waals surface area contributed by atoms with Crippen molar-refractivity contribution >= 4 is 57.9 Å². The van der Waals surface area contributed by atoms with Gasteiger partial charge in [0.05, 0.1) is 17.2 Å². The Bertz CT molecular complexity index is 936. The van der Waals surface area contributed by atoms with Crippen molar-refractivity contribution in [3.8, 4) is 11.3 Å². The van der Waals surface area contributed by atoms with Gasteiger partial charge in [-0.1, -0.05) is 42.5 Å². The predicted octanol–water partition coefficient (Wildman–Crippen LogP) is 4.70. The highest BCUT2D eigenvalue weighted by Gasteiger charge is 2.19. The van der Waals surface area contributed by atoms with Crippen LogP contribution in [0.25, 0.3) is 17.4 Å². The fraction of sp³-hybridized carbons (Fsp3) is 0.211. The van der Waals surface area contributed by atoms with E-state index in [1.165, 1.54) is 11.8 Å². The fourth-order valence-corrected chi connectivity index (χ4v) is 3.52. The first-order valence-electron chi connectivity index (χ1n) is 8.23. The van der Waals surface area contributed by atoms with Gasteiger partial charge in [0.15, 0.2) is 0 Å². The van der Waals surface area contributed by atoms with Gasteiger partial charge >= 0.3 is 5.97 Å². The van der Waals surface area contributed by atoms with Crippen LogP contribution < -0.4 is 5.32 Å². The number of esters is 1. The Hall–Kier alpha value is -2.09. The zero-order chi connectivity index (χ0) is 19.4. The molecule has 0 aliphatic carbocycles. The molecule has 5 nitrogen and oxygen atoms in total. The van der Waals surface area contributed by atoms with Crippen LogP contribution in [0.4, 0.5) is 0 Å². The van der Waals surface area contributed by atoms with Crippen molar-refractivity contribution in [1.29, 1.82) is 0 Å². The summed E-state index contributed by atoms with van der Waals surface area (Å²) in [7, 11) is 0. The van der Waals surface area contributed by atoms with Crippen LogP contribution >= 0.6 is 35.6 Å². The number of carbonyl (C=O) groups excluding carboxylic acids is 2. The minimum Gasteiger partial charge on any atom is -0.462 e. The molecule has 1 aromatic heterocycles. The van der Waals surface area contributed by atoms with Crippen molar-refractivity contribution < 1.29 is 18.7 Å². The zero-order valence-electron chi connectivity index (χ0n) is 14.4. The first kappa shape index (κ1) is 19.7. The van der Waals surface area contributed by atoms with Gasteiger partial charge in [-0.05, 0) is 42.8 Å². The van der Waals surface area contributed by atoms with Crippen molar-refractivity contribution in [2.45, 2.75) is 13.3 Å². The summed E-state index contributed by atoms with van der Waals surface area (Å²) in [6, 6.07) is 8.56. The predicted molar refractivity (Wildman–Crippen MR) is 111 cm³/mol.